The van der Waals surface area contributed by atoms with Gasteiger partial charge in [0.1, 0.15) is 18.1 Å². The van der Waals surface area contributed by atoms with Crippen molar-refractivity contribution >= 4 is 38.6 Å². The Morgan fingerprint density at radius 1 is 0.477 bits per heavy atom. The summed E-state index contributed by atoms with van der Waals surface area (Å²) in [5, 5.41) is 5.42. The standard InChI is InChI=1S/C82H117N2O.HI/c1-9-11-13-15-17-19-21-23-25-27-29-31-33-35-37-43-60-83-74-56-52-67-46-39-41-50-72(67)78(74)81(5,6)76(83)58-54-69-48-45-49-70(80(69)85-71-63-65(3)62-66(4)64-71)55-59-77-82(7,8)79-73-51-42-40-47-68(73)53-57-75(79)84(77)61-44-38-36-34-32-30-28-26-24-22-20-18-16-14-12-10-2;/h39-42,46-47,50-59,62-64H,9-38,43-45,48-49,60-61H2,1-8H3;1H/q+1;/p-1. The quantitative estimate of drug-likeness (QED) is 0.0221. The van der Waals surface area contributed by atoms with E-state index in [-0.39, 0.29) is 34.8 Å². The lowest BCUT2D eigenvalue weighted by Gasteiger charge is -2.28. The highest BCUT2D eigenvalue weighted by molar-refractivity contribution is 6.08. The second-order valence-electron chi connectivity index (χ2n) is 27.6. The molecule has 0 spiro atoms. The summed E-state index contributed by atoms with van der Waals surface area (Å²) in [6.07, 6.45) is 57.4. The highest BCUT2D eigenvalue weighted by Gasteiger charge is 2.46. The van der Waals surface area contributed by atoms with Gasteiger partial charge in [-0.2, -0.15) is 4.58 Å². The van der Waals surface area contributed by atoms with Crippen LogP contribution in [-0.4, -0.2) is 23.4 Å². The molecule has 0 unspecified atom stereocenters. The first kappa shape index (κ1) is 69.1. The van der Waals surface area contributed by atoms with Crippen LogP contribution in [0, 0.1) is 13.8 Å². The van der Waals surface area contributed by atoms with Crippen molar-refractivity contribution in [1.82, 2.24) is 0 Å². The number of hydrogen-bond acceptors (Lipinski definition) is 2. The van der Waals surface area contributed by atoms with Crippen LogP contribution in [0.15, 0.2) is 138 Å². The van der Waals surface area contributed by atoms with Crippen LogP contribution in [0.25, 0.3) is 21.5 Å². The predicted molar refractivity (Wildman–Crippen MR) is 373 cm³/mol. The van der Waals surface area contributed by atoms with Gasteiger partial charge in [-0.05, 0) is 146 Å². The summed E-state index contributed by atoms with van der Waals surface area (Å²) in [5.41, 5.74) is 13.2. The zero-order valence-electron chi connectivity index (χ0n) is 55.8. The van der Waals surface area contributed by atoms with E-state index in [4.69, 9.17) is 4.74 Å². The van der Waals surface area contributed by atoms with E-state index in [1.807, 2.05) is 0 Å². The summed E-state index contributed by atoms with van der Waals surface area (Å²) < 4.78 is 9.99. The third-order valence-electron chi connectivity index (χ3n) is 19.8. The van der Waals surface area contributed by atoms with E-state index in [0.717, 1.165) is 43.9 Å². The fourth-order valence-corrected chi connectivity index (χ4v) is 15.0. The molecule has 5 aromatic rings. The number of hydrogen-bond donors (Lipinski definition) is 0. The first-order chi connectivity index (χ1) is 41.5. The molecular formula is C82H117IN2O. The van der Waals surface area contributed by atoms with Crippen molar-refractivity contribution < 1.29 is 33.3 Å². The molecule has 0 aromatic heterocycles. The summed E-state index contributed by atoms with van der Waals surface area (Å²) in [6.45, 7) is 21.0. The molecule has 0 bridgehead atoms. The lowest BCUT2D eigenvalue weighted by Crippen LogP contribution is -3.00. The highest BCUT2D eigenvalue weighted by atomic mass is 127. The fourth-order valence-electron chi connectivity index (χ4n) is 15.0. The number of rotatable bonds is 39. The summed E-state index contributed by atoms with van der Waals surface area (Å²) in [5.74, 6) is 1.97. The zero-order valence-corrected chi connectivity index (χ0v) is 58.0. The maximum absolute atomic E-state index is 7.29. The van der Waals surface area contributed by atoms with Crippen LogP contribution in [0.3, 0.4) is 0 Å². The van der Waals surface area contributed by atoms with Crippen LogP contribution in [0.1, 0.15) is 289 Å². The molecular weight excluding hydrogens is 1160 g/mol. The Labute approximate surface area is 543 Å². The maximum atomic E-state index is 7.29. The van der Waals surface area contributed by atoms with Crippen molar-refractivity contribution in [2.45, 2.75) is 291 Å². The Hall–Kier alpha value is -4.42. The van der Waals surface area contributed by atoms with E-state index in [1.54, 1.807) is 0 Å². The van der Waals surface area contributed by atoms with Crippen LogP contribution >= 0.6 is 0 Å². The van der Waals surface area contributed by atoms with E-state index < -0.39 is 0 Å². The van der Waals surface area contributed by atoms with Gasteiger partial charge in [0.15, 0.2) is 5.71 Å². The van der Waals surface area contributed by atoms with E-state index in [1.165, 1.54) is 283 Å². The van der Waals surface area contributed by atoms with Gasteiger partial charge in [0.25, 0.3) is 0 Å². The van der Waals surface area contributed by atoms with E-state index in [2.05, 4.69) is 180 Å². The molecule has 8 rings (SSSR count). The molecule has 4 heteroatoms. The molecule has 86 heavy (non-hydrogen) atoms. The first-order valence-corrected chi connectivity index (χ1v) is 35.6. The van der Waals surface area contributed by atoms with Crippen LogP contribution in [-0.2, 0) is 10.8 Å². The van der Waals surface area contributed by atoms with Crippen molar-refractivity contribution in [2.24, 2.45) is 0 Å². The smallest absolute Gasteiger partial charge is 0.210 e. The molecule has 0 saturated heterocycles. The van der Waals surface area contributed by atoms with Gasteiger partial charge in [0, 0.05) is 47.5 Å². The number of ether oxygens (including phenoxy) is 1. The van der Waals surface area contributed by atoms with Gasteiger partial charge in [0.2, 0.25) is 5.69 Å². The Kier molecular flexibility index (Phi) is 29.1. The molecule has 3 aliphatic rings. The molecule has 2 heterocycles. The average molecular weight is 1270 g/mol. The number of benzene rings is 5. The SMILES string of the molecule is CCCCCCCCCCCCCCCCCCN1/C(=C/C=C2\CCCC(/C=C/C3=[N+](CCCCCCCCCCCCCCCCCC)c4ccc5ccccc5c4C3(C)C)=C2Oc2cc(C)cc(C)c2)C(C)(C)c2c1ccc1ccccc21.[I-]. The molecule has 0 radical (unpaired) electrons. The van der Waals surface area contributed by atoms with Crippen LogP contribution in [0.4, 0.5) is 11.4 Å². The number of anilines is 1. The molecule has 0 atom stereocenters. The Morgan fingerprint density at radius 2 is 0.942 bits per heavy atom. The van der Waals surface area contributed by atoms with Gasteiger partial charge in [-0.3, -0.25) is 0 Å². The third kappa shape index (κ3) is 19.3. The highest BCUT2D eigenvalue weighted by Crippen LogP contribution is 2.51. The number of nitrogens with zero attached hydrogens (tertiary/aromatic N) is 2. The molecule has 0 N–H and O–H groups in total. The normalized spacial score (nSPS) is 16.4. The number of aryl methyl sites for hydroxylation is 2. The lowest BCUT2D eigenvalue weighted by atomic mass is 9.78. The van der Waals surface area contributed by atoms with Crippen LogP contribution in [0.2, 0.25) is 0 Å². The Morgan fingerprint density at radius 3 is 1.47 bits per heavy atom. The number of allylic oxidation sites excluding steroid dienone is 7. The molecule has 2 aliphatic heterocycles. The molecule has 0 fully saturated rings. The minimum atomic E-state index is -0.169. The fraction of sp³-hybridized carbons (Fsp3) is 0.573. The summed E-state index contributed by atoms with van der Waals surface area (Å²) >= 11 is 0. The number of unbranched alkanes of at least 4 members (excludes halogenated alkanes) is 30. The molecule has 0 amide bonds. The monoisotopic (exact) mass is 1270 g/mol. The Balaban J connectivity index is 0.0000106. The van der Waals surface area contributed by atoms with Crippen molar-refractivity contribution in [3.8, 4) is 5.75 Å². The topological polar surface area (TPSA) is 15.5 Å². The predicted octanol–water partition coefficient (Wildman–Crippen LogP) is 22.2. The van der Waals surface area contributed by atoms with E-state index >= 15 is 0 Å². The largest absolute Gasteiger partial charge is 1.00 e. The van der Waals surface area contributed by atoms with Gasteiger partial charge < -0.3 is 33.6 Å². The first-order valence-electron chi connectivity index (χ1n) is 35.6. The van der Waals surface area contributed by atoms with Gasteiger partial charge >= 0.3 is 0 Å². The molecule has 5 aromatic carbocycles. The van der Waals surface area contributed by atoms with Crippen molar-refractivity contribution in [3.05, 3.63) is 160 Å². The summed E-state index contributed by atoms with van der Waals surface area (Å²) in [6, 6.07) is 34.4. The van der Waals surface area contributed by atoms with Gasteiger partial charge in [-0.15, -0.1) is 0 Å². The van der Waals surface area contributed by atoms with Gasteiger partial charge in [-0.1, -0.05) is 281 Å². The maximum Gasteiger partial charge on any atom is 0.210 e. The summed E-state index contributed by atoms with van der Waals surface area (Å²) in [7, 11) is 0. The van der Waals surface area contributed by atoms with E-state index in [9.17, 15) is 0 Å². The average Bonchev–Trinajstić information content (AvgIpc) is 1.71. The Bertz CT molecular complexity index is 3010. The van der Waals surface area contributed by atoms with E-state index in [0.29, 0.717) is 0 Å². The van der Waals surface area contributed by atoms with Crippen LogP contribution < -0.4 is 33.6 Å². The second-order valence-corrected chi connectivity index (χ2v) is 27.6. The van der Waals surface area contributed by atoms with Crippen molar-refractivity contribution in [2.75, 3.05) is 18.0 Å². The van der Waals surface area contributed by atoms with Crippen molar-refractivity contribution in [3.63, 3.8) is 0 Å². The molecule has 3 nitrogen and oxygen atoms in total. The molecule has 1 aliphatic carbocycles. The molecule has 468 valence electrons. The lowest BCUT2D eigenvalue weighted by molar-refractivity contribution is -0.438. The van der Waals surface area contributed by atoms with Crippen molar-refractivity contribution in [1.29, 1.82) is 0 Å². The summed E-state index contributed by atoms with van der Waals surface area (Å²) in [4.78, 5) is 2.70. The minimum absolute atomic E-state index is 0. The molecule has 0 saturated carbocycles. The van der Waals surface area contributed by atoms with Gasteiger partial charge in [-0.25, -0.2) is 0 Å². The minimum Gasteiger partial charge on any atom is -1.00 e. The second kappa shape index (κ2) is 36.3. The number of halogens is 1. The van der Waals surface area contributed by atoms with Gasteiger partial charge in [0.05, 0.1) is 5.41 Å². The van der Waals surface area contributed by atoms with Crippen LogP contribution in [0.5, 0.6) is 5.75 Å². The number of fused-ring (bicyclic) bond motifs is 6. The third-order valence-corrected chi connectivity index (χ3v) is 19.8. The zero-order chi connectivity index (χ0) is 59.7.